The molecule has 43 heavy (non-hydrogen) atoms. The fourth-order valence-electron chi connectivity index (χ4n) is 6.76. The predicted molar refractivity (Wildman–Crippen MR) is 171 cm³/mol. The molecule has 1 aliphatic rings. The molecule has 0 bridgehead atoms. The van der Waals surface area contributed by atoms with Gasteiger partial charge in [0, 0.05) is 16.3 Å². The molecule has 0 saturated carbocycles. The van der Waals surface area contributed by atoms with E-state index in [0.29, 0.717) is 22.1 Å². The van der Waals surface area contributed by atoms with Crippen LogP contribution in [-0.4, -0.2) is 30.6 Å². The Kier molecular flexibility index (Phi) is 5.76. The highest BCUT2D eigenvalue weighted by Crippen LogP contribution is 2.59. The van der Waals surface area contributed by atoms with E-state index in [1.165, 1.54) is 11.1 Å². The number of phenols is 6. The van der Waals surface area contributed by atoms with Gasteiger partial charge in [-0.1, -0.05) is 66.7 Å². The van der Waals surface area contributed by atoms with Crippen molar-refractivity contribution < 1.29 is 30.6 Å². The number of phenolic OH excluding ortho intramolecular Hbond substituents is 6. The summed E-state index contributed by atoms with van der Waals surface area (Å²) in [6.07, 6.45) is 6.32. The number of benzene rings is 6. The third-order valence-corrected chi connectivity index (χ3v) is 9.24. The van der Waals surface area contributed by atoms with Gasteiger partial charge >= 0.3 is 0 Å². The Bertz CT molecular complexity index is 2140. The number of aromatic hydroxyl groups is 6. The minimum absolute atomic E-state index is 0.0398. The smallest absolute Gasteiger partial charge is 0.205 e. The lowest BCUT2D eigenvalue weighted by Crippen LogP contribution is -1.97. The second-order valence-electron chi connectivity index (χ2n) is 11.4. The number of hydrogen-bond acceptors (Lipinski definition) is 6. The third kappa shape index (κ3) is 3.59. The van der Waals surface area contributed by atoms with E-state index >= 15 is 0 Å². The fraction of sp³-hybridized carbons (Fsp3) is 0.135. The summed E-state index contributed by atoms with van der Waals surface area (Å²) in [4.78, 5) is 0. The molecule has 6 nitrogen and oxygen atoms in total. The molecule has 0 fully saturated rings. The minimum atomic E-state index is -0.965. The zero-order chi connectivity index (χ0) is 30.3. The first-order valence-corrected chi connectivity index (χ1v) is 14.2. The maximum absolute atomic E-state index is 11.5. The highest BCUT2D eigenvalue weighted by molar-refractivity contribution is 6.26. The average Bonchev–Trinajstić information content (AvgIpc) is 3.03. The first-order chi connectivity index (χ1) is 20.6. The molecule has 7 rings (SSSR count). The van der Waals surface area contributed by atoms with Gasteiger partial charge in [0.15, 0.2) is 11.5 Å². The molecule has 6 heteroatoms. The van der Waals surface area contributed by atoms with E-state index in [2.05, 4.69) is 36.4 Å². The molecule has 0 aromatic heterocycles. The quantitative estimate of drug-likeness (QED) is 0.0704. The predicted octanol–water partition coefficient (Wildman–Crippen LogP) is 8.60. The van der Waals surface area contributed by atoms with Gasteiger partial charge < -0.3 is 30.6 Å². The molecule has 0 aliphatic heterocycles. The zero-order valence-electron chi connectivity index (χ0n) is 23.9. The van der Waals surface area contributed by atoms with E-state index in [4.69, 9.17) is 0 Å². The molecule has 0 amide bonds. The number of rotatable bonds is 2. The van der Waals surface area contributed by atoms with Crippen LogP contribution < -0.4 is 0 Å². The summed E-state index contributed by atoms with van der Waals surface area (Å²) in [6.45, 7) is 5.48. The van der Waals surface area contributed by atoms with Crippen LogP contribution in [0.1, 0.15) is 34.2 Å². The van der Waals surface area contributed by atoms with Crippen molar-refractivity contribution in [3.8, 4) is 56.8 Å². The topological polar surface area (TPSA) is 121 Å². The van der Waals surface area contributed by atoms with Gasteiger partial charge in [-0.2, -0.15) is 0 Å². The Morgan fingerprint density at radius 1 is 0.535 bits per heavy atom. The minimum Gasteiger partial charge on any atom is -0.507 e. The number of allylic oxidation sites excluding steroid dienone is 1. The molecule has 0 unspecified atom stereocenters. The van der Waals surface area contributed by atoms with Crippen LogP contribution in [-0.2, 0) is 6.42 Å². The second-order valence-corrected chi connectivity index (χ2v) is 11.4. The zero-order valence-corrected chi connectivity index (χ0v) is 23.9. The molecule has 6 aromatic carbocycles. The van der Waals surface area contributed by atoms with Crippen molar-refractivity contribution in [1.29, 1.82) is 0 Å². The van der Waals surface area contributed by atoms with Crippen LogP contribution >= 0.6 is 0 Å². The first-order valence-electron chi connectivity index (χ1n) is 14.2. The van der Waals surface area contributed by atoms with Crippen LogP contribution in [0, 0.1) is 20.8 Å². The molecule has 0 atom stereocenters. The molecular weight excluding hydrogens is 540 g/mol. The van der Waals surface area contributed by atoms with Crippen LogP contribution in [0.25, 0.3) is 60.6 Å². The molecule has 6 N–H and O–H groups in total. The van der Waals surface area contributed by atoms with E-state index in [9.17, 15) is 30.6 Å². The molecule has 0 heterocycles. The summed E-state index contributed by atoms with van der Waals surface area (Å²) in [5, 5.41) is 68.2. The standard InChI is InChI=1S/C37H30O6/c1-17-18(2)27-28(29-31(33(39)30(27)32(38)19(17)3)35(41)37(43)36(42)34(29)40)26-13-7-11-24-23(10-6-12-25(24)26)22-15-14-20-8-4-5-9-21(20)16-22/h4,6-8,10-16,38-43H,5,9H2,1-3H3. The van der Waals surface area contributed by atoms with Crippen molar-refractivity contribution in [1.82, 2.24) is 0 Å². The molecular formula is C37H30O6. The molecule has 6 aromatic rings. The average molecular weight is 571 g/mol. The number of hydrogen-bond donors (Lipinski definition) is 6. The van der Waals surface area contributed by atoms with Crippen molar-refractivity contribution in [2.45, 2.75) is 33.6 Å². The van der Waals surface area contributed by atoms with Crippen molar-refractivity contribution >= 4 is 38.4 Å². The monoisotopic (exact) mass is 570 g/mol. The van der Waals surface area contributed by atoms with Crippen LogP contribution in [0.5, 0.6) is 34.5 Å². The van der Waals surface area contributed by atoms with Crippen LogP contribution in [0.2, 0.25) is 0 Å². The van der Waals surface area contributed by atoms with Gasteiger partial charge in [-0.25, -0.2) is 0 Å². The van der Waals surface area contributed by atoms with E-state index in [-0.39, 0.29) is 21.9 Å². The molecule has 1 aliphatic carbocycles. The Morgan fingerprint density at radius 2 is 1.16 bits per heavy atom. The van der Waals surface area contributed by atoms with Gasteiger partial charge in [-0.05, 0) is 88.9 Å². The fourth-order valence-corrected chi connectivity index (χ4v) is 6.76. The van der Waals surface area contributed by atoms with Crippen LogP contribution in [0.3, 0.4) is 0 Å². The Balaban J connectivity index is 1.67. The summed E-state index contributed by atoms with van der Waals surface area (Å²) in [5.41, 5.74) is 7.75. The maximum atomic E-state index is 11.5. The molecule has 0 spiro atoms. The number of aryl methyl sites for hydroxylation is 2. The second kappa shape index (κ2) is 9.33. The van der Waals surface area contributed by atoms with Gasteiger partial charge in [-0.3, -0.25) is 0 Å². The Hall–Kier alpha value is -5.36. The van der Waals surface area contributed by atoms with Gasteiger partial charge in [0.25, 0.3) is 0 Å². The lowest BCUT2D eigenvalue weighted by Gasteiger charge is -2.23. The molecule has 0 saturated heterocycles. The van der Waals surface area contributed by atoms with Crippen molar-refractivity contribution in [3.05, 3.63) is 88.5 Å². The van der Waals surface area contributed by atoms with Crippen molar-refractivity contribution in [2.75, 3.05) is 0 Å². The Morgan fingerprint density at radius 3 is 1.88 bits per heavy atom. The van der Waals surface area contributed by atoms with Gasteiger partial charge in [0.05, 0.1) is 10.8 Å². The SMILES string of the molecule is Cc1c(C)c(O)c2c(O)c3c(O)c(O)c(O)c(O)c3c(-c3cccc4c(-c5ccc6c(c5)CCC=C6)cccc34)c2c1C. The van der Waals surface area contributed by atoms with Crippen LogP contribution in [0.4, 0.5) is 0 Å². The lowest BCUT2D eigenvalue weighted by atomic mass is 9.83. The van der Waals surface area contributed by atoms with E-state index in [1.807, 2.05) is 44.2 Å². The van der Waals surface area contributed by atoms with Crippen LogP contribution in [0.15, 0.2) is 60.7 Å². The Labute approximate surface area is 247 Å². The van der Waals surface area contributed by atoms with E-state index < -0.39 is 28.7 Å². The summed E-state index contributed by atoms with van der Waals surface area (Å²) in [7, 11) is 0. The highest BCUT2D eigenvalue weighted by Gasteiger charge is 2.30. The molecule has 0 radical (unpaired) electrons. The summed E-state index contributed by atoms with van der Waals surface area (Å²) in [5.74, 6) is -4.04. The van der Waals surface area contributed by atoms with E-state index in [1.54, 1.807) is 6.92 Å². The van der Waals surface area contributed by atoms with Gasteiger partial charge in [-0.15, -0.1) is 0 Å². The summed E-state index contributed by atoms with van der Waals surface area (Å²) in [6, 6.07) is 18.3. The van der Waals surface area contributed by atoms with Gasteiger partial charge in [0.1, 0.15) is 11.5 Å². The normalized spacial score (nSPS) is 12.8. The van der Waals surface area contributed by atoms with Crippen molar-refractivity contribution in [2.24, 2.45) is 0 Å². The third-order valence-electron chi connectivity index (χ3n) is 9.24. The largest absolute Gasteiger partial charge is 0.507 e. The highest BCUT2D eigenvalue weighted by atomic mass is 16.3. The summed E-state index contributed by atoms with van der Waals surface area (Å²) < 4.78 is 0. The molecule has 214 valence electrons. The first kappa shape index (κ1) is 26.5. The lowest BCUT2D eigenvalue weighted by molar-refractivity contribution is 0.350. The summed E-state index contributed by atoms with van der Waals surface area (Å²) >= 11 is 0. The van der Waals surface area contributed by atoms with E-state index in [0.717, 1.165) is 45.9 Å². The number of fused-ring (bicyclic) bond motifs is 4. The van der Waals surface area contributed by atoms with Crippen molar-refractivity contribution in [3.63, 3.8) is 0 Å². The maximum Gasteiger partial charge on any atom is 0.205 e. The van der Waals surface area contributed by atoms with Gasteiger partial charge in [0.2, 0.25) is 11.5 Å².